The van der Waals surface area contributed by atoms with Gasteiger partial charge >= 0.3 is 6.03 Å². The number of urea groups is 1. The second kappa shape index (κ2) is 7.31. The molecule has 1 aromatic carbocycles. The van der Waals surface area contributed by atoms with Crippen LogP contribution < -0.4 is 10.1 Å². The molecule has 2 atom stereocenters. The lowest BCUT2D eigenvalue weighted by Crippen LogP contribution is -2.49. The summed E-state index contributed by atoms with van der Waals surface area (Å²) in [7, 11) is 0. The number of ether oxygens (including phenoxy) is 2. The van der Waals surface area contributed by atoms with Gasteiger partial charge in [0, 0.05) is 19.3 Å². The average molecular weight is 327 g/mol. The Kier molecular flexibility index (Phi) is 4.96. The summed E-state index contributed by atoms with van der Waals surface area (Å²) >= 11 is 0. The molecule has 2 heterocycles. The number of benzene rings is 1. The lowest BCUT2D eigenvalue weighted by Gasteiger charge is -2.35. The van der Waals surface area contributed by atoms with Crippen LogP contribution in [0.3, 0.4) is 0 Å². The Morgan fingerprint density at radius 3 is 2.58 bits per heavy atom. The molecular weight excluding hydrogens is 306 g/mol. The highest BCUT2D eigenvalue weighted by molar-refractivity contribution is 5.90. The topological polar surface area (TPSA) is 63.7 Å². The maximum atomic E-state index is 12.5. The van der Waals surface area contributed by atoms with Gasteiger partial charge in [0.05, 0.1) is 12.2 Å². The fourth-order valence-electron chi connectivity index (χ4n) is 2.71. The first-order chi connectivity index (χ1) is 11.6. The maximum absolute atomic E-state index is 12.5. The molecule has 0 saturated carbocycles. The van der Waals surface area contributed by atoms with Gasteiger partial charge in [0.25, 0.3) is 0 Å². The van der Waals surface area contributed by atoms with E-state index in [1.54, 1.807) is 23.2 Å². The molecular formula is C18H21N3O3. The van der Waals surface area contributed by atoms with E-state index in [2.05, 4.69) is 10.3 Å². The fraction of sp³-hybridized carbons (Fsp3) is 0.333. The number of amides is 2. The van der Waals surface area contributed by atoms with Crippen LogP contribution in [0.2, 0.25) is 0 Å². The summed E-state index contributed by atoms with van der Waals surface area (Å²) < 4.78 is 11.4. The minimum absolute atomic E-state index is 0.0217. The van der Waals surface area contributed by atoms with Crippen LogP contribution in [-0.4, -0.2) is 41.2 Å². The Balaban J connectivity index is 1.72. The van der Waals surface area contributed by atoms with Crippen molar-refractivity contribution in [3.05, 3.63) is 48.7 Å². The Bertz CT molecular complexity index is 683. The number of hydrogen-bond acceptors (Lipinski definition) is 4. The average Bonchev–Trinajstić information content (AvgIpc) is 2.56. The van der Waals surface area contributed by atoms with Gasteiger partial charge < -0.3 is 19.7 Å². The number of carbonyl (C=O) groups is 1. The lowest BCUT2D eigenvalue weighted by molar-refractivity contribution is -0.0530. The number of rotatable bonds is 3. The van der Waals surface area contributed by atoms with Crippen LogP contribution in [-0.2, 0) is 4.74 Å². The normalized spacial score (nSPS) is 20.5. The Hall–Kier alpha value is -2.60. The highest BCUT2D eigenvalue weighted by atomic mass is 16.5. The highest BCUT2D eigenvalue weighted by Gasteiger charge is 2.26. The van der Waals surface area contributed by atoms with Crippen LogP contribution in [0.15, 0.2) is 48.7 Å². The number of morpholine rings is 1. The third kappa shape index (κ3) is 4.02. The molecule has 1 aromatic heterocycles. The van der Waals surface area contributed by atoms with Gasteiger partial charge in [-0.2, -0.15) is 0 Å². The number of nitrogens with zero attached hydrogens (tertiary/aromatic N) is 2. The molecule has 2 aromatic rings. The summed E-state index contributed by atoms with van der Waals surface area (Å²) in [6.45, 7) is 5.05. The molecule has 6 heteroatoms. The third-order valence-electron chi connectivity index (χ3n) is 3.68. The Morgan fingerprint density at radius 2 is 1.88 bits per heavy atom. The van der Waals surface area contributed by atoms with Crippen molar-refractivity contribution in [3.8, 4) is 11.6 Å². The first kappa shape index (κ1) is 16.3. The van der Waals surface area contributed by atoms with Crippen molar-refractivity contribution in [1.82, 2.24) is 9.88 Å². The van der Waals surface area contributed by atoms with Crippen LogP contribution in [0.4, 0.5) is 10.5 Å². The summed E-state index contributed by atoms with van der Waals surface area (Å²) in [4.78, 5) is 18.5. The van der Waals surface area contributed by atoms with Gasteiger partial charge in [-0.1, -0.05) is 18.2 Å². The first-order valence-corrected chi connectivity index (χ1v) is 8.01. The largest absolute Gasteiger partial charge is 0.437 e. The van der Waals surface area contributed by atoms with Gasteiger partial charge in [-0.3, -0.25) is 0 Å². The second-order valence-electron chi connectivity index (χ2n) is 5.86. The zero-order chi connectivity index (χ0) is 16.9. The molecule has 1 saturated heterocycles. The van der Waals surface area contributed by atoms with Gasteiger partial charge in [0.15, 0.2) is 0 Å². The smallest absolute Gasteiger partial charge is 0.322 e. The number of carbonyl (C=O) groups excluding carboxylic acids is 1. The SMILES string of the molecule is C[C@H]1CN(C(=O)Nc2cccnc2Oc2ccccc2)C[C@H](C)O1. The van der Waals surface area contributed by atoms with Crippen LogP contribution in [0, 0.1) is 0 Å². The summed E-state index contributed by atoms with van der Waals surface area (Å²) in [5.74, 6) is 1.03. The molecule has 1 N–H and O–H groups in total. The second-order valence-corrected chi connectivity index (χ2v) is 5.86. The van der Waals surface area contributed by atoms with Crippen molar-refractivity contribution in [3.63, 3.8) is 0 Å². The first-order valence-electron chi connectivity index (χ1n) is 8.01. The van der Waals surface area contributed by atoms with E-state index in [0.29, 0.717) is 30.4 Å². The number of anilines is 1. The Morgan fingerprint density at radius 1 is 1.17 bits per heavy atom. The van der Waals surface area contributed by atoms with Gasteiger partial charge in [-0.15, -0.1) is 0 Å². The third-order valence-corrected chi connectivity index (χ3v) is 3.68. The quantitative estimate of drug-likeness (QED) is 0.937. The van der Waals surface area contributed by atoms with Crippen molar-refractivity contribution in [2.45, 2.75) is 26.1 Å². The molecule has 2 amide bonds. The molecule has 126 valence electrons. The zero-order valence-electron chi connectivity index (χ0n) is 13.8. The molecule has 1 aliphatic heterocycles. The van der Waals surface area contributed by atoms with E-state index < -0.39 is 0 Å². The molecule has 3 rings (SSSR count). The van der Waals surface area contributed by atoms with E-state index in [1.165, 1.54) is 0 Å². The van der Waals surface area contributed by atoms with Crippen molar-refractivity contribution in [2.24, 2.45) is 0 Å². The molecule has 6 nitrogen and oxygen atoms in total. The van der Waals surface area contributed by atoms with Crippen LogP contribution >= 0.6 is 0 Å². The lowest BCUT2D eigenvalue weighted by atomic mass is 10.2. The van der Waals surface area contributed by atoms with Gasteiger partial charge in [-0.05, 0) is 38.1 Å². The number of para-hydroxylation sites is 1. The summed E-state index contributed by atoms with van der Waals surface area (Å²) in [5, 5.41) is 2.89. The zero-order valence-corrected chi connectivity index (χ0v) is 13.8. The van der Waals surface area contributed by atoms with Crippen molar-refractivity contribution in [1.29, 1.82) is 0 Å². The molecule has 0 spiro atoms. The van der Waals surface area contributed by atoms with Crippen LogP contribution in [0.1, 0.15) is 13.8 Å². The summed E-state index contributed by atoms with van der Waals surface area (Å²) in [6.07, 6.45) is 1.68. The molecule has 1 fully saturated rings. The predicted molar refractivity (Wildman–Crippen MR) is 91.4 cm³/mol. The molecule has 1 aliphatic rings. The molecule has 0 bridgehead atoms. The standard InChI is InChI=1S/C18H21N3O3/c1-13-11-21(12-14(2)23-13)18(22)20-16-9-6-10-19-17(16)24-15-7-4-3-5-8-15/h3-10,13-14H,11-12H2,1-2H3,(H,20,22)/t13-,14-/m0/s1. The number of nitrogens with one attached hydrogen (secondary N) is 1. The van der Waals surface area contributed by atoms with E-state index in [4.69, 9.17) is 9.47 Å². The fourth-order valence-corrected chi connectivity index (χ4v) is 2.71. The monoisotopic (exact) mass is 327 g/mol. The number of hydrogen-bond donors (Lipinski definition) is 1. The summed E-state index contributed by atoms with van der Waals surface area (Å²) in [5.41, 5.74) is 0.540. The van der Waals surface area contributed by atoms with Crippen molar-refractivity contribution >= 4 is 11.7 Å². The molecule has 0 radical (unpaired) electrons. The van der Waals surface area contributed by atoms with E-state index in [-0.39, 0.29) is 18.2 Å². The highest BCUT2D eigenvalue weighted by Crippen LogP contribution is 2.27. The number of aromatic nitrogens is 1. The van der Waals surface area contributed by atoms with Crippen molar-refractivity contribution in [2.75, 3.05) is 18.4 Å². The minimum Gasteiger partial charge on any atom is -0.437 e. The molecule has 0 aliphatic carbocycles. The van der Waals surface area contributed by atoms with E-state index in [0.717, 1.165) is 0 Å². The number of pyridine rings is 1. The minimum atomic E-state index is -0.178. The molecule has 0 unspecified atom stereocenters. The predicted octanol–water partition coefficient (Wildman–Crippen LogP) is 3.52. The Labute approximate surface area is 141 Å². The van der Waals surface area contributed by atoms with Gasteiger partial charge in [0.1, 0.15) is 11.4 Å². The van der Waals surface area contributed by atoms with Crippen LogP contribution in [0.25, 0.3) is 0 Å². The van der Waals surface area contributed by atoms with Crippen LogP contribution in [0.5, 0.6) is 11.6 Å². The van der Waals surface area contributed by atoms with Crippen molar-refractivity contribution < 1.29 is 14.3 Å². The maximum Gasteiger partial charge on any atom is 0.322 e. The molecule has 24 heavy (non-hydrogen) atoms. The van der Waals surface area contributed by atoms with E-state index >= 15 is 0 Å². The summed E-state index contributed by atoms with van der Waals surface area (Å²) in [6, 6.07) is 12.7. The van der Waals surface area contributed by atoms with E-state index in [9.17, 15) is 4.79 Å². The van der Waals surface area contributed by atoms with Gasteiger partial charge in [-0.25, -0.2) is 9.78 Å². The van der Waals surface area contributed by atoms with Gasteiger partial charge in [0.2, 0.25) is 5.88 Å². The van der Waals surface area contributed by atoms with E-state index in [1.807, 2.05) is 44.2 Å².